The fourth-order valence-corrected chi connectivity index (χ4v) is 5.91. The van der Waals surface area contributed by atoms with E-state index in [1.807, 2.05) is 43.3 Å². The van der Waals surface area contributed by atoms with Crippen molar-refractivity contribution in [1.82, 2.24) is 9.80 Å². The molecule has 0 unspecified atom stereocenters. The number of hydrogen-bond donors (Lipinski definition) is 4. The van der Waals surface area contributed by atoms with Crippen molar-refractivity contribution < 1.29 is 34.7 Å². The van der Waals surface area contributed by atoms with Gasteiger partial charge >= 0.3 is 5.97 Å². The topological polar surface area (TPSA) is 123 Å². The lowest BCUT2D eigenvalue weighted by atomic mass is 9.90. The van der Waals surface area contributed by atoms with Crippen LogP contribution in [0.25, 0.3) is 11.1 Å². The third-order valence-corrected chi connectivity index (χ3v) is 8.98. The molecule has 2 saturated heterocycles. The van der Waals surface area contributed by atoms with E-state index in [2.05, 4.69) is 16.4 Å². The average molecular weight is 603 g/mol. The minimum Gasteiger partial charge on any atom is -0.510 e. The number of likely N-dealkylation sites (tertiary alicyclic amines) is 2. The maximum Gasteiger partial charge on any atom is 0.335 e. The Morgan fingerprint density at radius 3 is 1.83 bits per heavy atom. The molecular weight excluding hydrogens is 560 g/mol. The molecule has 2 aliphatic rings. The largest absolute Gasteiger partial charge is 0.510 e. The molecule has 230 valence electrons. The number of piperidine rings is 2. The van der Waals surface area contributed by atoms with Gasteiger partial charge in [-0.1, -0.05) is 42.4 Å². The van der Waals surface area contributed by atoms with Crippen molar-refractivity contribution in [1.29, 1.82) is 0 Å². The number of aliphatic hydroxyl groups excluding tert-OH is 1. The standard InChI is InChI=1S/C32H43ClN2O7/c1-23-25(7-3-9-27(23)41-21-5-15-35-19-13-32(40,14-20-35)30(37)38)26-8-4-10-28(29(26)33)42-22-6-16-34-17-11-31(39,12-18-34)24(2)36/h3-4,7-10,36,39-40H,2,5-6,11-22H2,1H3,(H,37,38). The minimum absolute atomic E-state index is 0.152. The third kappa shape index (κ3) is 7.76. The summed E-state index contributed by atoms with van der Waals surface area (Å²) in [6.07, 6.45) is 3.00. The summed E-state index contributed by atoms with van der Waals surface area (Å²) in [5.41, 5.74) is 0.0504. The van der Waals surface area contributed by atoms with Crippen LogP contribution in [0, 0.1) is 6.92 Å². The number of carboxylic acid groups (broad SMARTS) is 1. The summed E-state index contributed by atoms with van der Waals surface area (Å²) in [4.78, 5) is 15.6. The Kier molecular flexibility index (Phi) is 10.8. The van der Waals surface area contributed by atoms with Gasteiger partial charge in [-0.3, -0.25) is 0 Å². The van der Waals surface area contributed by atoms with Crippen LogP contribution < -0.4 is 9.47 Å². The Hall–Kier alpha value is -2.82. The molecule has 0 amide bonds. The molecular formula is C32H43ClN2O7. The predicted octanol–water partition coefficient (Wildman–Crippen LogP) is 4.66. The van der Waals surface area contributed by atoms with Crippen LogP contribution in [0.4, 0.5) is 0 Å². The van der Waals surface area contributed by atoms with E-state index in [-0.39, 0.29) is 18.6 Å². The highest BCUT2D eigenvalue weighted by Gasteiger charge is 2.39. The fraction of sp³-hybridized carbons (Fsp3) is 0.531. The lowest BCUT2D eigenvalue weighted by Crippen LogP contribution is -2.49. The molecule has 2 heterocycles. The Bertz CT molecular complexity index is 1140. The van der Waals surface area contributed by atoms with E-state index >= 15 is 0 Å². The number of aliphatic carboxylic acids is 1. The lowest BCUT2D eigenvalue weighted by molar-refractivity contribution is -0.163. The average Bonchev–Trinajstić information content (AvgIpc) is 2.97. The van der Waals surface area contributed by atoms with Crippen LogP contribution in [0.1, 0.15) is 44.1 Å². The molecule has 0 bridgehead atoms. The van der Waals surface area contributed by atoms with Crippen molar-refractivity contribution in [2.24, 2.45) is 0 Å². The zero-order chi connectivity index (χ0) is 30.3. The Morgan fingerprint density at radius 1 is 0.833 bits per heavy atom. The SMILES string of the molecule is C=C(O)C1(O)CCN(CCCOc2cccc(-c3cccc(OCCCN4CCC(O)(C(=O)O)CC4)c3C)c2Cl)CC1. The molecule has 4 rings (SSSR count). The van der Waals surface area contributed by atoms with Gasteiger partial charge in [-0.2, -0.15) is 0 Å². The van der Waals surface area contributed by atoms with Crippen LogP contribution >= 0.6 is 11.6 Å². The van der Waals surface area contributed by atoms with Crippen LogP contribution in [0.5, 0.6) is 11.5 Å². The number of ether oxygens (including phenoxy) is 2. The molecule has 9 nitrogen and oxygen atoms in total. The molecule has 2 aromatic rings. The summed E-state index contributed by atoms with van der Waals surface area (Å²) in [5, 5.41) is 39.8. The van der Waals surface area contributed by atoms with Gasteiger partial charge in [0.2, 0.25) is 0 Å². The monoisotopic (exact) mass is 602 g/mol. The number of nitrogens with zero attached hydrogens (tertiary/aromatic N) is 2. The van der Waals surface area contributed by atoms with Crippen molar-refractivity contribution >= 4 is 17.6 Å². The highest BCUT2D eigenvalue weighted by atomic mass is 35.5. The van der Waals surface area contributed by atoms with Gasteiger partial charge in [-0.25, -0.2) is 4.79 Å². The van der Waals surface area contributed by atoms with Gasteiger partial charge in [0.05, 0.1) is 18.2 Å². The van der Waals surface area contributed by atoms with E-state index in [0.29, 0.717) is 63.0 Å². The van der Waals surface area contributed by atoms with Crippen molar-refractivity contribution in [3.8, 4) is 22.6 Å². The van der Waals surface area contributed by atoms with E-state index < -0.39 is 17.2 Å². The summed E-state index contributed by atoms with van der Waals surface area (Å²) >= 11 is 6.81. The molecule has 2 aromatic carbocycles. The van der Waals surface area contributed by atoms with Crippen LogP contribution in [-0.4, -0.2) is 99.9 Å². The summed E-state index contributed by atoms with van der Waals surface area (Å²) < 4.78 is 12.2. The molecule has 0 atom stereocenters. The summed E-state index contributed by atoms with van der Waals surface area (Å²) in [7, 11) is 0. The lowest BCUT2D eigenvalue weighted by Gasteiger charge is -2.37. The molecule has 42 heavy (non-hydrogen) atoms. The van der Waals surface area contributed by atoms with Crippen molar-refractivity contribution in [3.05, 3.63) is 59.3 Å². The first-order valence-electron chi connectivity index (χ1n) is 14.7. The Balaban J connectivity index is 1.25. The first-order chi connectivity index (χ1) is 20.0. The van der Waals surface area contributed by atoms with Crippen LogP contribution in [0.15, 0.2) is 48.7 Å². The zero-order valence-corrected chi connectivity index (χ0v) is 25.1. The number of aliphatic hydroxyl groups is 3. The minimum atomic E-state index is -1.60. The molecule has 10 heteroatoms. The number of rotatable bonds is 13. The molecule has 2 fully saturated rings. The summed E-state index contributed by atoms with van der Waals surface area (Å²) in [6, 6.07) is 11.7. The molecule has 0 aliphatic carbocycles. The Labute approximate surface area is 252 Å². The van der Waals surface area contributed by atoms with Gasteiger partial charge in [0.15, 0.2) is 5.60 Å². The highest BCUT2D eigenvalue weighted by Crippen LogP contribution is 2.39. The number of hydrogen-bond acceptors (Lipinski definition) is 8. The number of carboxylic acids is 1. The van der Waals surface area contributed by atoms with E-state index in [1.165, 1.54) is 0 Å². The van der Waals surface area contributed by atoms with Crippen LogP contribution in [0.3, 0.4) is 0 Å². The van der Waals surface area contributed by atoms with Crippen molar-refractivity contribution in [2.75, 3.05) is 52.5 Å². The third-order valence-electron chi connectivity index (χ3n) is 8.59. The summed E-state index contributed by atoms with van der Waals surface area (Å²) in [6.45, 7) is 10.6. The molecule has 2 aliphatic heterocycles. The van der Waals surface area contributed by atoms with Gasteiger partial charge in [0.1, 0.15) is 22.9 Å². The predicted molar refractivity (Wildman–Crippen MR) is 163 cm³/mol. The molecule has 0 aromatic heterocycles. The molecule has 4 N–H and O–H groups in total. The van der Waals surface area contributed by atoms with Gasteiger partial charge in [-0.15, -0.1) is 0 Å². The van der Waals surface area contributed by atoms with Crippen LogP contribution in [0.2, 0.25) is 5.02 Å². The first-order valence-corrected chi connectivity index (χ1v) is 15.1. The number of benzene rings is 2. The van der Waals surface area contributed by atoms with Crippen molar-refractivity contribution in [3.63, 3.8) is 0 Å². The van der Waals surface area contributed by atoms with E-state index in [4.69, 9.17) is 21.1 Å². The van der Waals surface area contributed by atoms with Gasteiger partial charge < -0.3 is 39.7 Å². The van der Waals surface area contributed by atoms with E-state index in [9.17, 15) is 25.2 Å². The van der Waals surface area contributed by atoms with Gasteiger partial charge in [0, 0.05) is 44.8 Å². The molecule has 0 radical (unpaired) electrons. The number of carbonyl (C=O) groups is 1. The summed E-state index contributed by atoms with van der Waals surface area (Å²) in [5.74, 6) is 0.118. The van der Waals surface area contributed by atoms with Gasteiger partial charge in [-0.05, 0) is 68.7 Å². The molecule has 0 saturated carbocycles. The number of halogens is 1. The highest BCUT2D eigenvalue weighted by molar-refractivity contribution is 6.34. The van der Waals surface area contributed by atoms with Crippen LogP contribution in [-0.2, 0) is 4.79 Å². The smallest absolute Gasteiger partial charge is 0.335 e. The zero-order valence-electron chi connectivity index (χ0n) is 24.4. The Morgan fingerprint density at radius 2 is 1.31 bits per heavy atom. The fourth-order valence-electron chi connectivity index (χ4n) is 5.63. The van der Waals surface area contributed by atoms with Crippen molar-refractivity contribution in [2.45, 2.75) is 56.7 Å². The second-order valence-corrected chi connectivity index (χ2v) is 11.8. The quantitative estimate of drug-likeness (QED) is 0.191. The maximum atomic E-state index is 11.2. The van der Waals surface area contributed by atoms with E-state index in [0.717, 1.165) is 48.4 Å². The first kappa shape index (κ1) is 32.1. The van der Waals surface area contributed by atoms with Gasteiger partial charge in [0.25, 0.3) is 0 Å². The second-order valence-electron chi connectivity index (χ2n) is 11.4. The normalized spacial score (nSPS) is 18.9. The van der Waals surface area contributed by atoms with E-state index in [1.54, 1.807) is 0 Å². The maximum absolute atomic E-state index is 11.2. The molecule has 0 spiro atoms. The second kappa shape index (κ2) is 14.1.